The number of non-ortho nitro benzene ring substituents is 1. The minimum atomic E-state index is -0.390. The maximum absolute atomic E-state index is 11.2. The smallest absolute Gasteiger partial charge is 0.270 e. The van der Waals surface area contributed by atoms with Crippen molar-refractivity contribution in [1.82, 2.24) is 9.58 Å². The molecule has 0 amide bonds. The average Bonchev–Trinajstić information content (AvgIpc) is 3.22. The molecule has 0 aliphatic carbocycles. The fourth-order valence-corrected chi connectivity index (χ4v) is 4.41. The first-order valence-corrected chi connectivity index (χ1v) is 11.8. The van der Waals surface area contributed by atoms with Gasteiger partial charge in [-0.15, -0.1) is 11.3 Å². The SMILES string of the molecule is O=[N+]([O-])c1cccc(-c2csc(=NCCN3CCOCC3)n2N=Cc2ccc(Br)cc2)c1. The highest BCUT2D eigenvalue weighted by atomic mass is 79.9. The number of rotatable bonds is 7. The van der Waals surface area contributed by atoms with Gasteiger partial charge in [-0.05, 0) is 17.7 Å². The van der Waals surface area contributed by atoms with E-state index in [1.807, 2.05) is 35.7 Å². The molecule has 1 fully saturated rings. The van der Waals surface area contributed by atoms with E-state index in [9.17, 15) is 10.1 Å². The lowest BCUT2D eigenvalue weighted by molar-refractivity contribution is -0.384. The van der Waals surface area contributed by atoms with Crippen molar-refractivity contribution >= 4 is 39.2 Å². The summed E-state index contributed by atoms with van der Waals surface area (Å²) in [7, 11) is 0. The van der Waals surface area contributed by atoms with Gasteiger partial charge in [-0.3, -0.25) is 20.0 Å². The Labute approximate surface area is 197 Å². The normalized spacial score (nSPS) is 15.5. The number of hydrogen-bond acceptors (Lipinski definition) is 7. The highest BCUT2D eigenvalue weighted by Crippen LogP contribution is 2.24. The largest absolute Gasteiger partial charge is 0.379 e. The third-order valence-electron chi connectivity index (χ3n) is 5.00. The molecule has 0 spiro atoms. The van der Waals surface area contributed by atoms with E-state index >= 15 is 0 Å². The lowest BCUT2D eigenvalue weighted by atomic mass is 10.1. The molecule has 32 heavy (non-hydrogen) atoms. The minimum Gasteiger partial charge on any atom is -0.379 e. The van der Waals surface area contributed by atoms with Gasteiger partial charge < -0.3 is 4.74 Å². The number of aromatic nitrogens is 1. The monoisotopic (exact) mass is 515 g/mol. The second-order valence-corrected chi connectivity index (χ2v) is 8.91. The molecule has 2 aromatic carbocycles. The van der Waals surface area contributed by atoms with Gasteiger partial charge in [0.15, 0.2) is 0 Å². The summed E-state index contributed by atoms with van der Waals surface area (Å²) >= 11 is 4.91. The summed E-state index contributed by atoms with van der Waals surface area (Å²) in [5.74, 6) is 0. The number of hydrogen-bond donors (Lipinski definition) is 0. The van der Waals surface area contributed by atoms with Crippen molar-refractivity contribution in [2.24, 2.45) is 10.1 Å². The zero-order valence-corrected chi connectivity index (χ0v) is 19.7. The van der Waals surface area contributed by atoms with Gasteiger partial charge in [0, 0.05) is 47.2 Å². The van der Waals surface area contributed by atoms with E-state index in [1.54, 1.807) is 23.0 Å². The third-order valence-corrected chi connectivity index (χ3v) is 6.38. The number of nitro benzene ring substituents is 1. The van der Waals surface area contributed by atoms with Crippen LogP contribution in [0.3, 0.4) is 0 Å². The zero-order chi connectivity index (χ0) is 22.3. The Morgan fingerprint density at radius 2 is 1.97 bits per heavy atom. The number of morpholine rings is 1. The highest BCUT2D eigenvalue weighted by Gasteiger charge is 2.13. The Kier molecular flexibility index (Phi) is 7.59. The van der Waals surface area contributed by atoms with Crippen molar-refractivity contribution in [3.8, 4) is 11.3 Å². The van der Waals surface area contributed by atoms with Crippen LogP contribution in [0.2, 0.25) is 0 Å². The molecule has 2 heterocycles. The zero-order valence-electron chi connectivity index (χ0n) is 17.3. The molecule has 0 atom stereocenters. The Morgan fingerprint density at radius 3 is 2.72 bits per heavy atom. The summed E-state index contributed by atoms with van der Waals surface area (Å²) in [5.41, 5.74) is 2.47. The summed E-state index contributed by atoms with van der Waals surface area (Å²) in [6.45, 7) is 4.84. The molecular formula is C22H22BrN5O3S. The van der Waals surface area contributed by atoms with E-state index in [-0.39, 0.29) is 10.6 Å². The number of nitrogens with zero attached hydrogens (tertiary/aromatic N) is 5. The van der Waals surface area contributed by atoms with E-state index in [4.69, 9.17) is 9.73 Å². The molecule has 0 saturated carbocycles. The Balaban J connectivity index is 1.66. The summed E-state index contributed by atoms with van der Waals surface area (Å²) in [4.78, 5) is 18.7. The van der Waals surface area contributed by atoms with Gasteiger partial charge in [0.2, 0.25) is 4.80 Å². The van der Waals surface area contributed by atoms with E-state index in [0.29, 0.717) is 6.54 Å². The second-order valence-electron chi connectivity index (χ2n) is 7.15. The molecule has 1 aliphatic heterocycles. The first kappa shape index (κ1) is 22.5. The van der Waals surface area contributed by atoms with Crippen molar-refractivity contribution in [2.45, 2.75) is 0 Å². The number of nitro groups is 1. The van der Waals surface area contributed by atoms with Gasteiger partial charge in [-0.2, -0.15) is 5.10 Å². The number of thiazole rings is 1. The van der Waals surface area contributed by atoms with Crippen molar-refractivity contribution in [3.05, 3.63) is 78.9 Å². The van der Waals surface area contributed by atoms with Crippen LogP contribution in [-0.2, 0) is 4.74 Å². The number of halogens is 1. The van der Waals surface area contributed by atoms with Gasteiger partial charge in [0.05, 0.1) is 36.6 Å². The quantitative estimate of drug-likeness (QED) is 0.270. The lowest BCUT2D eigenvalue weighted by Gasteiger charge is -2.25. The highest BCUT2D eigenvalue weighted by molar-refractivity contribution is 9.10. The van der Waals surface area contributed by atoms with Crippen LogP contribution in [-0.4, -0.2) is 60.1 Å². The Morgan fingerprint density at radius 1 is 1.19 bits per heavy atom. The van der Waals surface area contributed by atoms with Crippen LogP contribution >= 0.6 is 27.3 Å². The van der Waals surface area contributed by atoms with E-state index in [2.05, 4.69) is 25.9 Å². The fraction of sp³-hybridized carbons (Fsp3) is 0.273. The first-order valence-electron chi connectivity index (χ1n) is 10.2. The molecule has 0 N–H and O–H groups in total. The molecule has 1 aliphatic rings. The van der Waals surface area contributed by atoms with E-state index in [0.717, 1.165) is 58.9 Å². The number of benzene rings is 2. The van der Waals surface area contributed by atoms with Crippen LogP contribution in [0.5, 0.6) is 0 Å². The van der Waals surface area contributed by atoms with E-state index in [1.165, 1.54) is 17.4 Å². The van der Waals surface area contributed by atoms with Crippen molar-refractivity contribution in [2.75, 3.05) is 39.4 Å². The molecule has 0 radical (unpaired) electrons. The minimum absolute atomic E-state index is 0.0444. The lowest BCUT2D eigenvalue weighted by Crippen LogP contribution is -2.38. The van der Waals surface area contributed by atoms with Gasteiger partial charge >= 0.3 is 0 Å². The van der Waals surface area contributed by atoms with Gasteiger partial charge in [0.1, 0.15) is 0 Å². The van der Waals surface area contributed by atoms with Gasteiger partial charge in [-0.1, -0.05) is 40.2 Å². The Hall–Kier alpha value is -2.66. The van der Waals surface area contributed by atoms with Crippen LogP contribution in [0, 0.1) is 10.1 Å². The predicted molar refractivity (Wildman–Crippen MR) is 129 cm³/mol. The van der Waals surface area contributed by atoms with Crippen molar-refractivity contribution < 1.29 is 9.66 Å². The van der Waals surface area contributed by atoms with Crippen LogP contribution in [0.25, 0.3) is 11.3 Å². The maximum Gasteiger partial charge on any atom is 0.270 e. The molecule has 1 saturated heterocycles. The summed E-state index contributed by atoms with van der Waals surface area (Å²) in [5, 5.41) is 17.8. The van der Waals surface area contributed by atoms with Gasteiger partial charge in [0.25, 0.3) is 5.69 Å². The molecule has 8 nitrogen and oxygen atoms in total. The topological polar surface area (TPSA) is 85.3 Å². The molecule has 1 aromatic heterocycles. The standard InChI is InChI=1S/C22H22BrN5O3S/c23-19-6-4-17(5-7-19)15-25-27-21(18-2-1-3-20(14-18)28(29)30)16-32-22(27)24-8-9-26-10-12-31-13-11-26/h1-7,14-16H,8-13H2. The molecular weight excluding hydrogens is 494 g/mol. The second kappa shape index (κ2) is 10.8. The van der Waals surface area contributed by atoms with Crippen molar-refractivity contribution in [3.63, 3.8) is 0 Å². The third kappa shape index (κ3) is 5.77. The van der Waals surface area contributed by atoms with Crippen LogP contribution in [0.15, 0.2) is 68.5 Å². The first-order chi connectivity index (χ1) is 15.6. The summed E-state index contributed by atoms with van der Waals surface area (Å²) in [6, 6.07) is 14.4. The Bertz CT molecular complexity index is 1170. The van der Waals surface area contributed by atoms with Crippen LogP contribution < -0.4 is 4.80 Å². The molecule has 0 unspecified atom stereocenters. The molecule has 10 heteroatoms. The molecule has 3 aromatic rings. The van der Waals surface area contributed by atoms with Crippen molar-refractivity contribution in [1.29, 1.82) is 0 Å². The maximum atomic E-state index is 11.2. The van der Waals surface area contributed by atoms with Crippen LogP contribution in [0.4, 0.5) is 5.69 Å². The molecule has 4 rings (SSSR count). The predicted octanol–water partition coefficient (Wildman–Crippen LogP) is 4.00. The summed E-state index contributed by atoms with van der Waals surface area (Å²) < 4.78 is 8.15. The van der Waals surface area contributed by atoms with Crippen LogP contribution in [0.1, 0.15) is 5.56 Å². The number of ether oxygens (including phenoxy) is 1. The van der Waals surface area contributed by atoms with E-state index < -0.39 is 0 Å². The fourth-order valence-electron chi connectivity index (χ4n) is 3.28. The summed E-state index contributed by atoms with van der Waals surface area (Å²) in [6.07, 6.45) is 1.76. The van der Waals surface area contributed by atoms with Gasteiger partial charge in [-0.25, -0.2) is 4.68 Å². The average molecular weight is 516 g/mol. The molecule has 0 bridgehead atoms. The molecule has 166 valence electrons.